The number of hydrogen-bond acceptors (Lipinski definition) is 3. The van der Waals surface area contributed by atoms with E-state index in [0.717, 1.165) is 18.2 Å². The SMILES string of the molecule is CCn1ccnc1Nc1ccc(SC)cc1. The second-order valence-corrected chi connectivity index (χ2v) is 4.27. The molecule has 0 aliphatic carbocycles. The van der Waals surface area contributed by atoms with Gasteiger partial charge in [-0.25, -0.2) is 4.98 Å². The number of aromatic nitrogens is 2. The Morgan fingerprint density at radius 2 is 2.06 bits per heavy atom. The highest BCUT2D eigenvalue weighted by molar-refractivity contribution is 7.98. The van der Waals surface area contributed by atoms with Gasteiger partial charge in [-0.2, -0.15) is 0 Å². The Balaban J connectivity index is 2.14. The third kappa shape index (κ3) is 2.39. The van der Waals surface area contributed by atoms with Crippen LogP contribution in [-0.2, 0) is 6.54 Å². The van der Waals surface area contributed by atoms with E-state index in [0.29, 0.717) is 0 Å². The first kappa shape index (κ1) is 11.1. The van der Waals surface area contributed by atoms with Crippen molar-refractivity contribution in [2.24, 2.45) is 0 Å². The Kier molecular flexibility index (Phi) is 3.51. The molecule has 0 unspecified atom stereocenters. The lowest BCUT2D eigenvalue weighted by molar-refractivity contribution is 0.772. The number of benzene rings is 1. The van der Waals surface area contributed by atoms with Crippen LogP contribution in [0.3, 0.4) is 0 Å². The summed E-state index contributed by atoms with van der Waals surface area (Å²) in [7, 11) is 0. The second kappa shape index (κ2) is 5.07. The van der Waals surface area contributed by atoms with Gasteiger partial charge < -0.3 is 9.88 Å². The molecular weight excluding hydrogens is 218 g/mol. The summed E-state index contributed by atoms with van der Waals surface area (Å²) in [5, 5.41) is 3.30. The van der Waals surface area contributed by atoms with Crippen LogP contribution in [0.5, 0.6) is 0 Å². The molecule has 3 nitrogen and oxygen atoms in total. The van der Waals surface area contributed by atoms with E-state index in [1.807, 2.05) is 12.4 Å². The van der Waals surface area contributed by atoms with E-state index in [1.54, 1.807) is 11.8 Å². The molecule has 0 fully saturated rings. The molecule has 16 heavy (non-hydrogen) atoms. The van der Waals surface area contributed by atoms with E-state index in [1.165, 1.54) is 4.90 Å². The van der Waals surface area contributed by atoms with Gasteiger partial charge in [0.2, 0.25) is 5.95 Å². The van der Waals surface area contributed by atoms with Crippen LogP contribution in [0.15, 0.2) is 41.6 Å². The monoisotopic (exact) mass is 233 g/mol. The average Bonchev–Trinajstić information content (AvgIpc) is 2.77. The minimum absolute atomic E-state index is 0.888. The molecule has 0 spiro atoms. The first-order valence-electron chi connectivity index (χ1n) is 5.25. The molecule has 1 aromatic heterocycles. The lowest BCUT2D eigenvalue weighted by Crippen LogP contribution is -2.01. The number of thioether (sulfide) groups is 1. The first-order valence-corrected chi connectivity index (χ1v) is 6.48. The number of hydrogen-bond donors (Lipinski definition) is 1. The van der Waals surface area contributed by atoms with Crippen molar-refractivity contribution >= 4 is 23.4 Å². The standard InChI is InChI=1S/C12H15N3S/c1-3-15-9-8-13-12(15)14-10-4-6-11(16-2)7-5-10/h4-9H,3H2,1-2H3,(H,13,14). The van der Waals surface area contributed by atoms with Gasteiger partial charge in [-0.3, -0.25) is 0 Å². The molecule has 0 aliphatic rings. The van der Waals surface area contributed by atoms with Crippen LogP contribution in [0.2, 0.25) is 0 Å². The minimum atomic E-state index is 0.888. The molecular formula is C12H15N3S. The van der Waals surface area contributed by atoms with E-state index in [-0.39, 0.29) is 0 Å². The highest BCUT2D eigenvalue weighted by Gasteiger charge is 2.00. The summed E-state index contributed by atoms with van der Waals surface area (Å²) < 4.78 is 2.07. The molecule has 0 aliphatic heterocycles. The van der Waals surface area contributed by atoms with E-state index < -0.39 is 0 Å². The highest BCUT2D eigenvalue weighted by atomic mass is 32.2. The van der Waals surface area contributed by atoms with E-state index in [4.69, 9.17) is 0 Å². The Morgan fingerprint density at radius 1 is 1.31 bits per heavy atom. The van der Waals surface area contributed by atoms with E-state index in [9.17, 15) is 0 Å². The molecule has 0 bridgehead atoms. The Hall–Kier alpha value is -1.42. The highest BCUT2D eigenvalue weighted by Crippen LogP contribution is 2.20. The number of nitrogens with one attached hydrogen (secondary N) is 1. The zero-order chi connectivity index (χ0) is 11.4. The third-order valence-electron chi connectivity index (χ3n) is 2.40. The molecule has 4 heteroatoms. The quantitative estimate of drug-likeness (QED) is 0.821. The molecule has 84 valence electrons. The van der Waals surface area contributed by atoms with Crippen molar-refractivity contribution in [3.05, 3.63) is 36.7 Å². The molecule has 0 saturated carbocycles. The van der Waals surface area contributed by atoms with Crippen LogP contribution in [0.4, 0.5) is 11.6 Å². The average molecular weight is 233 g/mol. The summed E-state index contributed by atoms with van der Waals surface area (Å²) in [5.74, 6) is 0.888. The summed E-state index contributed by atoms with van der Waals surface area (Å²) in [5.41, 5.74) is 1.07. The number of imidazole rings is 1. The number of aryl methyl sites for hydroxylation is 1. The summed E-state index contributed by atoms with van der Waals surface area (Å²) >= 11 is 1.74. The molecule has 0 radical (unpaired) electrons. The lowest BCUT2D eigenvalue weighted by Gasteiger charge is -2.08. The van der Waals surface area contributed by atoms with Crippen molar-refractivity contribution in [2.75, 3.05) is 11.6 Å². The summed E-state index contributed by atoms with van der Waals surface area (Å²) in [6, 6.07) is 8.35. The Labute approximate surface area is 99.9 Å². The largest absolute Gasteiger partial charge is 0.326 e. The third-order valence-corrected chi connectivity index (χ3v) is 3.15. The van der Waals surface area contributed by atoms with E-state index >= 15 is 0 Å². The van der Waals surface area contributed by atoms with E-state index in [2.05, 4.69) is 52.3 Å². The smallest absolute Gasteiger partial charge is 0.207 e. The minimum Gasteiger partial charge on any atom is -0.326 e. The summed E-state index contributed by atoms with van der Waals surface area (Å²) in [4.78, 5) is 5.54. The van der Waals surface area contributed by atoms with Crippen LogP contribution < -0.4 is 5.32 Å². The fourth-order valence-electron chi connectivity index (χ4n) is 1.49. The van der Waals surface area contributed by atoms with Gasteiger partial charge in [0.15, 0.2) is 0 Å². The Bertz CT molecular complexity index is 448. The van der Waals surface area contributed by atoms with Crippen molar-refractivity contribution < 1.29 is 0 Å². The van der Waals surface area contributed by atoms with Crippen molar-refractivity contribution in [1.82, 2.24) is 9.55 Å². The van der Waals surface area contributed by atoms with Gasteiger partial charge in [0.1, 0.15) is 0 Å². The van der Waals surface area contributed by atoms with Gasteiger partial charge in [0, 0.05) is 29.5 Å². The van der Waals surface area contributed by atoms with Crippen molar-refractivity contribution in [2.45, 2.75) is 18.4 Å². The van der Waals surface area contributed by atoms with Gasteiger partial charge >= 0.3 is 0 Å². The lowest BCUT2D eigenvalue weighted by atomic mass is 10.3. The summed E-state index contributed by atoms with van der Waals surface area (Å²) in [6.07, 6.45) is 5.85. The molecule has 2 aromatic rings. The fraction of sp³-hybridized carbons (Fsp3) is 0.250. The van der Waals surface area contributed by atoms with Gasteiger partial charge in [-0.1, -0.05) is 0 Å². The molecule has 1 N–H and O–H groups in total. The summed E-state index contributed by atoms with van der Waals surface area (Å²) in [6.45, 7) is 3.02. The molecule has 0 saturated heterocycles. The molecule has 2 rings (SSSR count). The van der Waals surface area contributed by atoms with Crippen molar-refractivity contribution in [3.63, 3.8) is 0 Å². The number of nitrogens with zero attached hydrogens (tertiary/aromatic N) is 2. The van der Waals surface area contributed by atoms with Gasteiger partial charge in [0.25, 0.3) is 0 Å². The van der Waals surface area contributed by atoms with Crippen LogP contribution >= 0.6 is 11.8 Å². The predicted molar refractivity (Wildman–Crippen MR) is 69.4 cm³/mol. The molecule has 0 amide bonds. The zero-order valence-electron chi connectivity index (χ0n) is 9.47. The normalized spacial score (nSPS) is 10.4. The van der Waals surface area contributed by atoms with Crippen LogP contribution in [0.1, 0.15) is 6.92 Å². The van der Waals surface area contributed by atoms with Crippen LogP contribution in [0, 0.1) is 0 Å². The van der Waals surface area contributed by atoms with Crippen LogP contribution in [-0.4, -0.2) is 15.8 Å². The number of anilines is 2. The van der Waals surface area contributed by atoms with Crippen LogP contribution in [0.25, 0.3) is 0 Å². The fourth-order valence-corrected chi connectivity index (χ4v) is 1.90. The van der Waals surface area contributed by atoms with Crippen molar-refractivity contribution in [1.29, 1.82) is 0 Å². The molecule has 1 aromatic carbocycles. The molecule has 0 atom stereocenters. The van der Waals surface area contributed by atoms with Gasteiger partial charge in [0.05, 0.1) is 0 Å². The maximum absolute atomic E-state index is 4.27. The number of rotatable bonds is 4. The van der Waals surface area contributed by atoms with Gasteiger partial charge in [-0.05, 0) is 37.4 Å². The first-order chi connectivity index (χ1) is 7.83. The topological polar surface area (TPSA) is 29.9 Å². The maximum atomic E-state index is 4.27. The molecule has 1 heterocycles. The zero-order valence-corrected chi connectivity index (χ0v) is 10.3. The second-order valence-electron chi connectivity index (χ2n) is 3.39. The predicted octanol–water partition coefficient (Wildman–Crippen LogP) is 3.37. The Morgan fingerprint density at radius 3 is 2.69 bits per heavy atom. The van der Waals surface area contributed by atoms with Crippen molar-refractivity contribution in [3.8, 4) is 0 Å². The maximum Gasteiger partial charge on any atom is 0.207 e. The van der Waals surface area contributed by atoms with Gasteiger partial charge in [-0.15, -0.1) is 11.8 Å².